The predicted octanol–water partition coefficient (Wildman–Crippen LogP) is 12.9. The molecule has 0 aliphatic heterocycles. The zero-order valence-electron chi connectivity index (χ0n) is 30.4. The molecule has 0 amide bonds. The molecule has 11 rings (SSSR count). The zero-order chi connectivity index (χ0) is 37.0. The second kappa shape index (κ2) is 13.2. The first-order valence-corrected chi connectivity index (χ1v) is 19.1. The Bertz CT molecular complexity index is 3050. The molecule has 0 unspecified atom stereocenters. The molecule has 7 aromatic carbocycles. The van der Waals surface area contributed by atoms with Crippen LogP contribution in [-0.2, 0) is 6.42 Å². The summed E-state index contributed by atoms with van der Waals surface area (Å²) >= 11 is 0. The largest absolute Gasteiger partial charge is 0.454 e. The number of hydrogen-bond acceptors (Lipinski definition) is 4. The summed E-state index contributed by atoms with van der Waals surface area (Å²) in [4.78, 5) is 15.2. The number of allylic oxidation sites excluding steroid dienone is 1. The second-order valence-electron chi connectivity index (χ2n) is 14.3. The van der Waals surface area contributed by atoms with Gasteiger partial charge in [0.25, 0.3) is 0 Å². The van der Waals surface area contributed by atoms with E-state index >= 15 is 0 Å². The molecule has 5 heteroatoms. The molecule has 0 bridgehead atoms. The Balaban J connectivity index is 1.15. The zero-order valence-corrected chi connectivity index (χ0v) is 30.4. The van der Waals surface area contributed by atoms with Crippen LogP contribution in [0.25, 0.3) is 94.9 Å². The first-order valence-electron chi connectivity index (χ1n) is 19.1. The van der Waals surface area contributed by atoms with Crippen LogP contribution in [0.15, 0.2) is 186 Å². The Hall–Kier alpha value is -7.37. The maximum Gasteiger partial charge on any atom is 0.164 e. The van der Waals surface area contributed by atoms with Gasteiger partial charge in [0.2, 0.25) is 0 Å². The van der Waals surface area contributed by atoms with Crippen LogP contribution in [0.5, 0.6) is 0 Å². The van der Waals surface area contributed by atoms with Crippen LogP contribution >= 0.6 is 0 Å². The number of nitrogens with zero attached hydrogens (tertiary/aromatic N) is 4. The van der Waals surface area contributed by atoms with Crippen LogP contribution in [0.4, 0.5) is 0 Å². The van der Waals surface area contributed by atoms with Crippen molar-refractivity contribution in [2.24, 2.45) is 0 Å². The Kier molecular flexibility index (Phi) is 7.56. The van der Waals surface area contributed by atoms with E-state index in [1.165, 1.54) is 38.6 Å². The van der Waals surface area contributed by atoms with E-state index < -0.39 is 0 Å². The average molecular weight is 719 g/mol. The van der Waals surface area contributed by atoms with Crippen LogP contribution in [0.3, 0.4) is 0 Å². The molecule has 0 fully saturated rings. The summed E-state index contributed by atoms with van der Waals surface area (Å²) in [6.45, 7) is 0. The first-order chi connectivity index (χ1) is 27.8. The van der Waals surface area contributed by atoms with Crippen molar-refractivity contribution in [2.45, 2.75) is 12.8 Å². The van der Waals surface area contributed by atoms with Crippen molar-refractivity contribution in [1.82, 2.24) is 19.5 Å². The van der Waals surface area contributed by atoms with Gasteiger partial charge in [0.1, 0.15) is 5.58 Å². The smallest absolute Gasteiger partial charge is 0.164 e. The topological polar surface area (TPSA) is 56.7 Å². The summed E-state index contributed by atoms with van der Waals surface area (Å²) in [6.07, 6.45) is 4.05. The van der Waals surface area contributed by atoms with Crippen LogP contribution in [-0.4, -0.2) is 19.5 Å². The number of rotatable bonds is 6. The fraction of sp³-hybridized carbons (Fsp3) is 0.0392. The highest BCUT2D eigenvalue weighted by molar-refractivity contribution is 6.18. The number of fused-ring (bicyclic) bond motifs is 6. The summed E-state index contributed by atoms with van der Waals surface area (Å²) in [5.41, 5.74) is 12.9. The van der Waals surface area contributed by atoms with Crippen molar-refractivity contribution in [1.29, 1.82) is 0 Å². The minimum absolute atomic E-state index is 0.625. The fourth-order valence-electron chi connectivity index (χ4n) is 8.41. The van der Waals surface area contributed by atoms with Crippen LogP contribution < -0.4 is 0 Å². The van der Waals surface area contributed by atoms with Gasteiger partial charge < -0.3 is 8.98 Å². The number of aryl methyl sites for hydroxylation is 1. The highest BCUT2D eigenvalue weighted by atomic mass is 16.3. The van der Waals surface area contributed by atoms with Crippen molar-refractivity contribution < 1.29 is 4.42 Å². The van der Waals surface area contributed by atoms with Gasteiger partial charge in [-0.25, -0.2) is 15.0 Å². The molecule has 0 spiro atoms. The number of aromatic nitrogens is 4. The van der Waals surface area contributed by atoms with Crippen molar-refractivity contribution in [3.63, 3.8) is 0 Å². The molecular weight excluding hydrogens is 685 g/mol. The van der Waals surface area contributed by atoms with Gasteiger partial charge in [-0.1, -0.05) is 158 Å². The van der Waals surface area contributed by atoms with Crippen LogP contribution in [0.1, 0.15) is 17.7 Å². The molecule has 1 aliphatic rings. The lowest BCUT2D eigenvalue weighted by atomic mass is 9.94. The molecule has 10 aromatic rings. The molecule has 0 saturated heterocycles. The highest BCUT2D eigenvalue weighted by Crippen LogP contribution is 2.46. The summed E-state index contributed by atoms with van der Waals surface area (Å²) in [5, 5.41) is 3.48. The lowest BCUT2D eigenvalue weighted by Crippen LogP contribution is -2.05. The van der Waals surface area contributed by atoms with Crippen LogP contribution in [0, 0.1) is 0 Å². The monoisotopic (exact) mass is 718 g/mol. The third-order valence-electron chi connectivity index (χ3n) is 10.9. The SMILES string of the molecule is C1=C(n2c3ccccc3c3c(-c4ccccc4)cc(-c4ccccc4)cc32)c2oc3cccc(-c4nc(-c5ccccc5)nc(-c5ccccc5)n4)c3c2CC1. The fourth-order valence-corrected chi connectivity index (χ4v) is 8.41. The summed E-state index contributed by atoms with van der Waals surface area (Å²) in [7, 11) is 0. The Labute approximate surface area is 323 Å². The van der Waals surface area contributed by atoms with Crippen molar-refractivity contribution >= 4 is 38.5 Å². The Morgan fingerprint density at radius 1 is 0.446 bits per heavy atom. The Morgan fingerprint density at radius 3 is 1.71 bits per heavy atom. The van der Waals surface area contributed by atoms with Gasteiger partial charge in [-0.15, -0.1) is 0 Å². The van der Waals surface area contributed by atoms with E-state index in [1.807, 2.05) is 66.7 Å². The summed E-state index contributed by atoms with van der Waals surface area (Å²) in [5.74, 6) is 2.78. The van der Waals surface area contributed by atoms with E-state index in [4.69, 9.17) is 19.4 Å². The van der Waals surface area contributed by atoms with Gasteiger partial charge in [0, 0.05) is 38.4 Å². The number of furan rings is 1. The van der Waals surface area contributed by atoms with Gasteiger partial charge in [-0.3, -0.25) is 0 Å². The molecule has 264 valence electrons. The average Bonchev–Trinajstić information content (AvgIpc) is 3.83. The van der Waals surface area contributed by atoms with E-state index in [2.05, 4.69) is 120 Å². The summed E-state index contributed by atoms with van der Waals surface area (Å²) < 4.78 is 9.41. The third-order valence-corrected chi connectivity index (χ3v) is 10.9. The van der Waals surface area contributed by atoms with Gasteiger partial charge in [0.15, 0.2) is 23.2 Å². The molecule has 0 saturated carbocycles. The quantitative estimate of drug-likeness (QED) is 0.172. The third kappa shape index (κ3) is 5.28. The van der Waals surface area contributed by atoms with E-state index in [-0.39, 0.29) is 0 Å². The second-order valence-corrected chi connectivity index (χ2v) is 14.3. The molecule has 3 aromatic heterocycles. The molecule has 0 N–H and O–H groups in total. The van der Waals surface area contributed by atoms with E-state index in [9.17, 15) is 0 Å². The molecule has 0 atom stereocenters. The minimum Gasteiger partial charge on any atom is -0.454 e. The number of para-hydroxylation sites is 1. The molecule has 1 aliphatic carbocycles. The lowest BCUT2D eigenvalue weighted by molar-refractivity contribution is 0.585. The normalized spacial score (nSPS) is 12.6. The highest BCUT2D eigenvalue weighted by Gasteiger charge is 2.28. The lowest BCUT2D eigenvalue weighted by Gasteiger charge is -2.17. The van der Waals surface area contributed by atoms with E-state index in [0.29, 0.717) is 17.5 Å². The van der Waals surface area contributed by atoms with Gasteiger partial charge in [-0.05, 0) is 59.4 Å². The summed E-state index contributed by atoms with van der Waals surface area (Å²) in [6, 6.07) is 61.4. The minimum atomic E-state index is 0.625. The van der Waals surface area contributed by atoms with E-state index in [0.717, 1.165) is 63.0 Å². The maximum atomic E-state index is 6.99. The molecule has 0 radical (unpaired) electrons. The molecule has 3 heterocycles. The molecule has 5 nitrogen and oxygen atoms in total. The van der Waals surface area contributed by atoms with Crippen molar-refractivity contribution in [2.75, 3.05) is 0 Å². The Morgan fingerprint density at radius 2 is 1.04 bits per heavy atom. The van der Waals surface area contributed by atoms with E-state index in [1.54, 1.807) is 0 Å². The first kappa shape index (κ1) is 32.1. The molecule has 56 heavy (non-hydrogen) atoms. The standard InChI is InChI=1S/C51H34N4O/c1-5-17-33(18-6-1)37-31-41(34-19-7-2-8-20-34)46-38-25-13-14-28-42(38)55(44(46)32-37)43-29-15-26-39-47-40(27-16-30-45(47)56-48(39)43)51-53-49(35-21-9-3-10-22-35)52-50(54-51)36-23-11-4-12-24-36/h1-14,16-25,27-32H,15,26H2. The van der Waals surface area contributed by atoms with Gasteiger partial charge in [-0.2, -0.15) is 0 Å². The van der Waals surface area contributed by atoms with Crippen molar-refractivity contribution in [3.05, 3.63) is 193 Å². The maximum absolute atomic E-state index is 6.99. The van der Waals surface area contributed by atoms with Gasteiger partial charge in [0.05, 0.1) is 16.7 Å². The number of benzene rings is 7. The number of hydrogen-bond donors (Lipinski definition) is 0. The predicted molar refractivity (Wildman–Crippen MR) is 228 cm³/mol. The molecular formula is C51H34N4O. The van der Waals surface area contributed by atoms with Crippen molar-refractivity contribution in [3.8, 4) is 56.4 Å². The van der Waals surface area contributed by atoms with Gasteiger partial charge >= 0.3 is 0 Å². The van der Waals surface area contributed by atoms with Crippen LogP contribution in [0.2, 0.25) is 0 Å².